The van der Waals surface area contributed by atoms with Gasteiger partial charge in [-0.2, -0.15) is 13.2 Å². The second kappa shape index (κ2) is 19.7. The summed E-state index contributed by atoms with van der Waals surface area (Å²) in [5, 5.41) is 7.49. The van der Waals surface area contributed by atoms with E-state index < -0.39 is 44.4 Å². The summed E-state index contributed by atoms with van der Waals surface area (Å²) in [6, 6.07) is 26.1. The molecule has 1 aliphatic carbocycles. The molecule has 294 valence electrons. The summed E-state index contributed by atoms with van der Waals surface area (Å²) >= 11 is 7.53. The summed E-state index contributed by atoms with van der Waals surface area (Å²) in [4.78, 5) is 15.1. The van der Waals surface area contributed by atoms with Crippen LogP contribution >= 0.6 is 23.4 Å². The number of sulfonamides is 1. The number of rotatable bonds is 18. The van der Waals surface area contributed by atoms with Crippen LogP contribution in [0.3, 0.4) is 0 Å². The van der Waals surface area contributed by atoms with Gasteiger partial charge in [-0.3, -0.25) is 4.79 Å². The van der Waals surface area contributed by atoms with E-state index in [2.05, 4.69) is 22.8 Å². The number of nitrogens with one attached hydrogen (secondary N) is 3. The van der Waals surface area contributed by atoms with Crippen molar-refractivity contribution in [1.82, 2.24) is 14.9 Å². The SMILES string of the molecule is CN(C)CC[C@H](CSc1ccccc1)Oc1ccc(S(=O)(=O)NC(=O)c2ccc(NCCNCC3=C(c4ccc(Cl)cc4)CCCC3)cc2)cc1C(F)(F)F. The molecule has 5 rings (SSSR count). The Morgan fingerprint density at radius 2 is 1.64 bits per heavy atom. The van der Waals surface area contributed by atoms with E-state index in [0.29, 0.717) is 42.9 Å². The Balaban J connectivity index is 1.17. The highest BCUT2D eigenvalue weighted by atomic mass is 35.5. The third kappa shape index (κ3) is 12.8. The van der Waals surface area contributed by atoms with Crippen LogP contribution in [0.5, 0.6) is 5.75 Å². The zero-order valence-corrected chi connectivity index (χ0v) is 33.2. The number of thioether (sulfide) groups is 1. The minimum absolute atomic E-state index is 0.0295. The van der Waals surface area contributed by atoms with Gasteiger partial charge in [0.25, 0.3) is 15.9 Å². The van der Waals surface area contributed by atoms with Gasteiger partial charge in [-0.1, -0.05) is 47.5 Å². The predicted octanol–water partition coefficient (Wildman–Crippen LogP) is 9.00. The number of anilines is 1. The molecule has 1 aliphatic rings. The zero-order valence-electron chi connectivity index (χ0n) is 30.8. The third-order valence-electron chi connectivity index (χ3n) is 9.06. The largest absolute Gasteiger partial charge is 0.489 e. The molecule has 0 radical (unpaired) electrons. The molecule has 0 saturated heterocycles. The lowest BCUT2D eigenvalue weighted by Crippen LogP contribution is -2.31. The Morgan fingerprint density at radius 1 is 0.927 bits per heavy atom. The van der Waals surface area contributed by atoms with Gasteiger partial charge in [-0.05, 0) is 124 Å². The van der Waals surface area contributed by atoms with Gasteiger partial charge < -0.3 is 20.3 Å². The van der Waals surface area contributed by atoms with Gasteiger partial charge >= 0.3 is 6.18 Å². The molecule has 1 amide bonds. The standard InChI is InChI=1S/C41H46ClF3N4O4S2/c1-49(2)25-22-34(28-54-35-9-4-3-5-10-35)53-39-21-20-36(26-38(39)41(43,44)45)55(51,52)48-40(50)30-14-18-33(19-15-30)47-24-23-46-27-31-8-6-7-11-37(31)29-12-16-32(42)17-13-29/h3-5,9-10,12-21,26,34,46-47H,6-8,11,22-25,27-28H2,1-2H3,(H,48,50)/t34-/m1/s1. The van der Waals surface area contributed by atoms with E-state index in [-0.39, 0.29) is 5.56 Å². The average Bonchev–Trinajstić information content (AvgIpc) is 3.16. The van der Waals surface area contributed by atoms with E-state index in [4.69, 9.17) is 16.3 Å². The van der Waals surface area contributed by atoms with Gasteiger partial charge in [0, 0.05) is 53.1 Å². The van der Waals surface area contributed by atoms with Crippen molar-refractivity contribution in [3.63, 3.8) is 0 Å². The Hall–Kier alpha value is -4.01. The molecule has 0 unspecified atom stereocenters. The van der Waals surface area contributed by atoms with Crippen molar-refractivity contribution in [2.24, 2.45) is 0 Å². The Kier molecular flexibility index (Phi) is 15.1. The Morgan fingerprint density at radius 3 is 2.33 bits per heavy atom. The number of alkyl halides is 3. The van der Waals surface area contributed by atoms with Gasteiger partial charge in [0.1, 0.15) is 11.9 Å². The molecule has 3 N–H and O–H groups in total. The summed E-state index contributed by atoms with van der Waals surface area (Å²) in [5.41, 5.74) is 3.48. The molecule has 0 fully saturated rings. The Bertz CT molecular complexity index is 2010. The smallest absolute Gasteiger partial charge is 0.420 e. The van der Waals surface area contributed by atoms with E-state index in [9.17, 15) is 26.4 Å². The fourth-order valence-corrected chi connectivity index (χ4v) is 8.23. The fourth-order valence-electron chi connectivity index (χ4n) is 6.14. The number of carbonyl (C=O) groups is 1. The van der Waals surface area contributed by atoms with Gasteiger partial charge in [-0.25, -0.2) is 13.1 Å². The topological polar surface area (TPSA) is 99.8 Å². The first-order valence-electron chi connectivity index (χ1n) is 18.1. The summed E-state index contributed by atoms with van der Waals surface area (Å²) in [5.74, 6) is -1.08. The molecule has 0 bridgehead atoms. The molecule has 0 spiro atoms. The predicted molar refractivity (Wildman–Crippen MR) is 215 cm³/mol. The first-order chi connectivity index (χ1) is 26.3. The summed E-state index contributed by atoms with van der Waals surface area (Å²) in [7, 11) is -0.950. The molecule has 8 nitrogen and oxygen atoms in total. The van der Waals surface area contributed by atoms with Crippen LogP contribution in [0.2, 0.25) is 5.02 Å². The van der Waals surface area contributed by atoms with E-state index in [1.165, 1.54) is 40.6 Å². The number of hydrogen-bond acceptors (Lipinski definition) is 8. The number of amides is 1. The summed E-state index contributed by atoms with van der Waals surface area (Å²) < 4.78 is 77.1. The highest BCUT2D eigenvalue weighted by molar-refractivity contribution is 7.99. The molecule has 4 aromatic rings. The van der Waals surface area contributed by atoms with Crippen molar-refractivity contribution in [1.29, 1.82) is 0 Å². The van der Waals surface area contributed by atoms with E-state index >= 15 is 0 Å². The van der Waals surface area contributed by atoms with Crippen LogP contribution < -0.4 is 20.1 Å². The normalized spacial score (nSPS) is 14.2. The Labute approximate surface area is 330 Å². The molecule has 1 atom stereocenters. The highest BCUT2D eigenvalue weighted by Crippen LogP contribution is 2.39. The molecule has 4 aromatic carbocycles. The minimum atomic E-state index is -4.92. The second-order valence-corrected chi connectivity index (χ2v) is 16.7. The van der Waals surface area contributed by atoms with E-state index in [1.54, 1.807) is 12.1 Å². The maximum absolute atomic E-state index is 14.3. The van der Waals surface area contributed by atoms with Crippen LogP contribution in [-0.4, -0.2) is 71.4 Å². The molecule has 0 aliphatic heterocycles. The minimum Gasteiger partial charge on any atom is -0.489 e. The van der Waals surface area contributed by atoms with Crippen molar-refractivity contribution in [3.05, 3.63) is 124 Å². The molecule has 0 heterocycles. The van der Waals surface area contributed by atoms with E-state index in [0.717, 1.165) is 54.9 Å². The van der Waals surface area contributed by atoms with Crippen molar-refractivity contribution in [2.45, 2.75) is 54.2 Å². The van der Waals surface area contributed by atoms with Crippen molar-refractivity contribution < 1.29 is 31.1 Å². The van der Waals surface area contributed by atoms with Crippen LogP contribution in [0, 0.1) is 0 Å². The van der Waals surface area contributed by atoms with Gasteiger partial charge in [0.15, 0.2) is 0 Å². The number of halogens is 4. The molecule has 0 aromatic heterocycles. The number of hydrogen-bond donors (Lipinski definition) is 3. The number of allylic oxidation sites excluding steroid dienone is 1. The van der Waals surface area contributed by atoms with Crippen molar-refractivity contribution in [3.8, 4) is 5.75 Å². The van der Waals surface area contributed by atoms with Gasteiger partial charge in [-0.15, -0.1) is 11.8 Å². The van der Waals surface area contributed by atoms with Crippen LogP contribution in [0.15, 0.2) is 112 Å². The third-order valence-corrected chi connectivity index (χ3v) is 11.8. The quantitative estimate of drug-likeness (QED) is 0.0677. The monoisotopic (exact) mass is 814 g/mol. The fraction of sp³-hybridized carbons (Fsp3) is 0.341. The molecular weight excluding hydrogens is 769 g/mol. The highest BCUT2D eigenvalue weighted by Gasteiger charge is 2.37. The van der Waals surface area contributed by atoms with Crippen LogP contribution in [0.1, 0.15) is 53.6 Å². The summed E-state index contributed by atoms with van der Waals surface area (Å²) in [6.45, 7) is 2.64. The number of ether oxygens (including phenoxy) is 1. The van der Waals surface area contributed by atoms with Crippen LogP contribution in [0.4, 0.5) is 18.9 Å². The average molecular weight is 815 g/mol. The number of carbonyl (C=O) groups excluding carboxylic acids is 1. The second-order valence-electron chi connectivity index (χ2n) is 13.5. The number of benzene rings is 4. The van der Waals surface area contributed by atoms with E-state index in [1.807, 2.05) is 66.2 Å². The lowest BCUT2D eigenvalue weighted by Gasteiger charge is -2.23. The van der Waals surface area contributed by atoms with Gasteiger partial charge in [0.2, 0.25) is 0 Å². The van der Waals surface area contributed by atoms with Crippen molar-refractivity contribution >= 4 is 50.6 Å². The van der Waals surface area contributed by atoms with Gasteiger partial charge in [0.05, 0.1) is 10.5 Å². The first kappa shape index (κ1) is 42.1. The summed E-state index contributed by atoms with van der Waals surface area (Å²) in [6.07, 6.45) is -0.660. The lowest BCUT2D eigenvalue weighted by molar-refractivity contribution is -0.139. The van der Waals surface area contributed by atoms with Crippen molar-refractivity contribution in [2.75, 3.05) is 51.3 Å². The van der Waals surface area contributed by atoms with Crippen LogP contribution in [-0.2, 0) is 16.2 Å². The maximum Gasteiger partial charge on any atom is 0.420 e. The zero-order chi connectivity index (χ0) is 39.4. The maximum atomic E-state index is 14.3. The molecule has 0 saturated carbocycles. The molecular formula is C41H46ClF3N4O4S2. The molecule has 55 heavy (non-hydrogen) atoms. The van der Waals surface area contributed by atoms with Crippen LogP contribution in [0.25, 0.3) is 5.57 Å². The number of nitrogens with zero attached hydrogens (tertiary/aromatic N) is 1. The lowest BCUT2D eigenvalue weighted by atomic mass is 9.87. The first-order valence-corrected chi connectivity index (χ1v) is 20.9. The molecule has 14 heteroatoms.